The molecule has 1 N–H and O–H groups in total. The number of ketones is 4. The fourth-order valence-corrected chi connectivity index (χ4v) is 4.50. The van der Waals surface area contributed by atoms with Crippen LogP contribution in [0.5, 0.6) is 0 Å². The van der Waals surface area contributed by atoms with E-state index < -0.39 is 0 Å². The molecule has 0 aromatic heterocycles. The molecule has 1 heterocycles. The quantitative estimate of drug-likeness (QED) is 0.689. The summed E-state index contributed by atoms with van der Waals surface area (Å²) in [5.41, 5.74) is 0. The van der Waals surface area contributed by atoms with E-state index in [2.05, 4.69) is 5.32 Å². The molecule has 1 fully saturated rings. The summed E-state index contributed by atoms with van der Waals surface area (Å²) in [6.07, 6.45) is 2.44. The fraction of sp³-hybridized carbons (Fsp3) is 0.826. The van der Waals surface area contributed by atoms with Gasteiger partial charge in [-0.1, -0.05) is 0 Å². The maximum atomic E-state index is 12.3. The van der Waals surface area contributed by atoms with Gasteiger partial charge in [-0.3, -0.25) is 33.9 Å². The molecular formula is C23H42N4O4. The molecule has 0 aromatic carbocycles. The summed E-state index contributed by atoms with van der Waals surface area (Å²) in [5.74, 6) is 0.329. The van der Waals surface area contributed by atoms with Gasteiger partial charge in [0.1, 0.15) is 23.1 Å². The van der Waals surface area contributed by atoms with Crippen LogP contribution in [-0.2, 0) is 19.2 Å². The van der Waals surface area contributed by atoms with Crippen molar-refractivity contribution in [1.29, 1.82) is 0 Å². The zero-order valence-corrected chi connectivity index (χ0v) is 20.4. The summed E-state index contributed by atoms with van der Waals surface area (Å²) < 4.78 is 0. The highest BCUT2D eigenvalue weighted by molar-refractivity contribution is 5.83. The van der Waals surface area contributed by atoms with Crippen molar-refractivity contribution in [2.45, 2.75) is 77.5 Å². The number of rotatable bonds is 4. The zero-order chi connectivity index (χ0) is 23.7. The van der Waals surface area contributed by atoms with Crippen LogP contribution in [0.15, 0.2) is 0 Å². The summed E-state index contributed by atoms with van der Waals surface area (Å²) >= 11 is 0. The van der Waals surface area contributed by atoms with E-state index >= 15 is 0 Å². The molecule has 0 saturated carbocycles. The van der Waals surface area contributed by atoms with Gasteiger partial charge >= 0.3 is 0 Å². The number of hydrogen-bond donors (Lipinski definition) is 1. The van der Waals surface area contributed by atoms with Crippen molar-refractivity contribution in [3.05, 3.63) is 0 Å². The number of carbonyl (C=O) groups is 4. The Balaban J connectivity index is 3.09. The van der Waals surface area contributed by atoms with E-state index in [0.717, 1.165) is 0 Å². The first kappa shape index (κ1) is 27.6. The molecule has 0 aliphatic carbocycles. The van der Waals surface area contributed by atoms with E-state index in [1.165, 1.54) is 0 Å². The van der Waals surface area contributed by atoms with Crippen molar-refractivity contribution in [3.8, 4) is 0 Å². The van der Waals surface area contributed by atoms with Crippen molar-refractivity contribution in [1.82, 2.24) is 20.0 Å². The predicted octanol–water partition coefficient (Wildman–Crippen LogP) is 0.776. The summed E-state index contributed by atoms with van der Waals surface area (Å²) in [6, 6.07) is -1.05. The Kier molecular flexibility index (Phi) is 11.7. The van der Waals surface area contributed by atoms with Crippen LogP contribution in [0.1, 0.15) is 53.4 Å². The lowest BCUT2D eigenvalue weighted by atomic mass is 10.0. The fourth-order valence-electron chi connectivity index (χ4n) is 4.50. The number of hydrogen-bond acceptors (Lipinski definition) is 8. The Morgan fingerprint density at radius 3 is 1.29 bits per heavy atom. The molecular weight excluding hydrogens is 396 g/mol. The van der Waals surface area contributed by atoms with Gasteiger partial charge in [0.05, 0.1) is 24.2 Å². The molecule has 4 unspecified atom stereocenters. The van der Waals surface area contributed by atoms with Crippen molar-refractivity contribution in [3.63, 3.8) is 0 Å². The number of carbonyl (C=O) groups excluding carboxylic acids is 4. The van der Waals surface area contributed by atoms with E-state index in [4.69, 9.17) is 0 Å². The number of Topliss-reactive ketones (excluding diaryl/α,β-unsaturated/α-hetero) is 4. The van der Waals surface area contributed by atoms with Gasteiger partial charge in [0, 0.05) is 19.6 Å². The smallest absolute Gasteiger partial charge is 0.146 e. The number of nitrogens with zero attached hydrogens (tertiary/aromatic N) is 3. The van der Waals surface area contributed by atoms with E-state index in [0.29, 0.717) is 51.9 Å². The maximum Gasteiger partial charge on any atom is 0.146 e. The third-order valence-electron chi connectivity index (χ3n) is 6.58. The van der Waals surface area contributed by atoms with E-state index in [-0.39, 0.29) is 47.3 Å². The van der Waals surface area contributed by atoms with Gasteiger partial charge in [0.25, 0.3) is 0 Å². The minimum absolute atomic E-state index is 0.0608. The molecule has 1 saturated heterocycles. The summed E-state index contributed by atoms with van der Waals surface area (Å²) in [4.78, 5) is 55.0. The third-order valence-corrected chi connectivity index (χ3v) is 6.58. The molecule has 8 heteroatoms. The molecule has 0 bridgehead atoms. The summed E-state index contributed by atoms with van der Waals surface area (Å²) in [5, 5.41) is 3.30. The average molecular weight is 439 g/mol. The van der Waals surface area contributed by atoms with Gasteiger partial charge in [-0.15, -0.1) is 0 Å². The van der Waals surface area contributed by atoms with Crippen molar-refractivity contribution in [2.24, 2.45) is 0 Å². The molecule has 8 nitrogen and oxygen atoms in total. The summed E-state index contributed by atoms with van der Waals surface area (Å²) in [7, 11) is 5.75. The molecule has 0 spiro atoms. The third kappa shape index (κ3) is 8.88. The molecule has 1 aliphatic heterocycles. The van der Waals surface area contributed by atoms with Crippen molar-refractivity contribution in [2.75, 3.05) is 47.3 Å². The lowest BCUT2D eigenvalue weighted by Crippen LogP contribution is -2.48. The van der Waals surface area contributed by atoms with Gasteiger partial charge in [-0.05, 0) is 81.1 Å². The van der Waals surface area contributed by atoms with Crippen LogP contribution in [0.25, 0.3) is 0 Å². The lowest BCUT2D eigenvalue weighted by molar-refractivity contribution is -0.122. The van der Waals surface area contributed by atoms with Gasteiger partial charge < -0.3 is 5.32 Å². The second kappa shape index (κ2) is 13.2. The molecule has 31 heavy (non-hydrogen) atoms. The van der Waals surface area contributed by atoms with Crippen LogP contribution >= 0.6 is 0 Å². The Labute approximate surface area is 187 Å². The molecule has 0 aromatic rings. The van der Waals surface area contributed by atoms with Crippen molar-refractivity contribution < 1.29 is 19.2 Å². The van der Waals surface area contributed by atoms with Crippen LogP contribution < -0.4 is 5.32 Å². The van der Waals surface area contributed by atoms with Crippen LogP contribution in [-0.4, -0.2) is 109 Å². The monoisotopic (exact) mass is 438 g/mol. The predicted molar refractivity (Wildman–Crippen MR) is 122 cm³/mol. The van der Waals surface area contributed by atoms with Gasteiger partial charge in [0.15, 0.2) is 0 Å². The Morgan fingerprint density at radius 1 is 0.581 bits per heavy atom. The highest BCUT2D eigenvalue weighted by Gasteiger charge is 2.27. The highest BCUT2D eigenvalue weighted by Crippen LogP contribution is 2.13. The van der Waals surface area contributed by atoms with Crippen molar-refractivity contribution >= 4 is 23.1 Å². The topological polar surface area (TPSA) is 90.0 Å². The van der Waals surface area contributed by atoms with E-state index in [9.17, 15) is 19.2 Å². The number of likely N-dealkylation sites (N-methyl/N-ethyl adjacent to an activating group) is 3. The first-order chi connectivity index (χ1) is 14.5. The highest BCUT2D eigenvalue weighted by atomic mass is 16.1. The second-order valence-electron chi connectivity index (χ2n) is 9.09. The van der Waals surface area contributed by atoms with Crippen LogP contribution in [0.3, 0.4) is 0 Å². The molecule has 4 atom stereocenters. The zero-order valence-electron chi connectivity index (χ0n) is 20.4. The first-order valence-electron chi connectivity index (χ1n) is 11.3. The standard InChI is InChI=1S/C23H42N4O4/c1-16(28)20-9-13-25(5)22(18(3)30)11-15-27(7)23(19(4)31)10-14-26(6)21(17(2)29)8-12-24-20/h20-24H,8-15H2,1-7H3. The molecule has 0 radical (unpaired) electrons. The molecule has 178 valence electrons. The second-order valence-corrected chi connectivity index (χ2v) is 9.09. The van der Waals surface area contributed by atoms with Gasteiger partial charge in [-0.25, -0.2) is 0 Å². The van der Waals surface area contributed by atoms with E-state index in [1.807, 2.05) is 35.8 Å². The largest absolute Gasteiger partial charge is 0.307 e. The SMILES string of the molecule is CC(=O)C1CCN(C)C(C(C)=O)CCN(C)C(C(C)=O)CCN(C)C(C(C)=O)CCN1. The molecule has 1 aliphatic rings. The Bertz CT molecular complexity index is 639. The Hall–Kier alpha value is -1.48. The van der Waals surface area contributed by atoms with Gasteiger partial charge in [-0.2, -0.15) is 0 Å². The number of nitrogens with one attached hydrogen (secondary N) is 1. The lowest BCUT2D eigenvalue weighted by Gasteiger charge is -2.33. The van der Waals surface area contributed by atoms with Crippen LogP contribution in [0, 0.1) is 0 Å². The normalized spacial score (nSPS) is 29.4. The Morgan fingerprint density at radius 2 is 0.935 bits per heavy atom. The van der Waals surface area contributed by atoms with E-state index in [1.54, 1.807) is 27.7 Å². The molecule has 1 rings (SSSR count). The van der Waals surface area contributed by atoms with Crippen LogP contribution in [0.4, 0.5) is 0 Å². The minimum Gasteiger partial charge on any atom is -0.307 e. The molecule has 0 amide bonds. The average Bonchev–Trinajstić information content (AvgIpc) is 2.65. The first-order valence-corrected chi connectivity index (χ1v) is 11.3. The van der Waals surface area contributed by atoms with Gasteiger partial charge in [0.2, 0.25) is 0 Å². The maximum absolute atomic E-state index is 12.3. The summed E-state index contributed by atoms with van der Waals surface area (Å²) in [6.45, 7) is 8.75. The van der Waals surface area contributed by atoms with Crippen LogP contribution in [0.2, 0.25) is 0 Å². The minimum atomic E-state index is -0.300.